The summed E-state index contributed by atoms with van der Waals surface area (Å²) in [5.41, 5.74) is 2.82. The zero-order chi connectivity index (χ0) is 66.0. The topological polar surface area (TPSA) is 357 Å². The molecule has 3 fully saturated rings. The Hall–Kier alpha value is -8.50. The third-order valence-electron chi connectivity index (χ3n) is 15.9. The van der Waals surface area contributed by atoms with E-state index in [0.717, 1.165) is 23.1 Å². The Kier molecular flexibility index (Phi) is 28.1. The molecule has 6 amide bonds. The van der Waals surface area contributed by atoms with Gasteiger partial charge in [-0.05, 0) is 68.9 Å². The van der Waals surface area contributed by atoms with E-state index < -0.39 is 103 Å². The first-order valence-corrected chi connectivity index (χ1v) is 30.4. The SMILES string of the molecule is COC(=O)C[C@H](NC(=O)[C@H](CCCNC(=O)CCCc1ccc(C)cc1)NC(=O)CN1CCN(CC(=O)O)CCN(CC(=O)O)CCN(CC(=O)O)CC1)C(=O)N1CCN(CCCOc2ccc3nccc(C(=O)NCC(=O)N4CC(F)(F)C[C@@H]4C#N)c3c2)CC1. The van der Waals surface area contributed by atoms with Gasteiger partial charge >= 0.3 is 23.9 Å². The second-order valence-electron chi connectivity index (χ2n) is 22.9. The van der Waals surface area contributed by atoms with Gasteiger partial charge in [-0.3, -0.25) is 77.4 Å². The molecule has 3 saturated heterocycles. The zero-order valence-electron chi connectivity index (χ0n) is 51.5. The Morgan fingerprint density at radius 2 is 1.31 bits per heavy atom. The molecule has 0 aliphatic carbocycles. The number of ether oxygens (including phenoxy) is 2. The predicted octanol–water partition coefficient (Wildman–Crippen LogP) is -0.127. The third kappa shape index (κ3) is 24.3. The monoisotopic (exact) mass is 1280 g/mol. The third-order valence-corrected chi connectivity index (χ3v) is 15.9. The lowest BCUT2D eigenvalue weighted by molar-refractivity contribution is -0.147. The minimum atomic E-state index is -3.21. The highest BCUT2D eigenvalue weighted by atomic mass is 19.3. The standard InChI is InChI=1S/C61H83F2N13O15/c1-42-9-11-43(12-10-42)6-3-8-51(77)66-16-4-7-49(68-52(78)37-71-19-21-72(38-54(80)81)23-25-74(40-56(84)85)26-24-73(22-20-71)39-55(82)83)59(88)69-50(33-57(86)90-2)60(89)75-29-27-70(28-30-75)18-5-31-91-45-13-14-48-47(32-45)46(15-17-65-48)58(87)67-36-53(79)76-41-61(62,63)34-44(76)35-64/h9-15,17,32,44,49-50H,3-8,16,18-31,33-34,36-41H2,1-2H3,(H,66,77)(H,67,87)(H,68,78)(H,69,88)(H,80,81)(H,82,83)(H,84,85)/t44-,49+,50+/m1/s1. The summed E-state index contributed by atoms with van der Waals surface area (Å²) < 4.78 is 38.9. The van der Waals surface area contributed by atoms with Gasteiger partial charge in [0.25, 0.3) is 11.8 Å². The number of piperazine rings is 1. The number of nitrogens with one attached hydrogen (secondary N) is 4. The van der Waals surface area contributed by atoms with E-state index >= 15 is 0 Å². The summed E-state index contributed by atoms with van der Waals surface area (Å²) in [5, 5.41) is 49.5. The van der Waals surface area contributed by atoms with Crippen LogP contribution in [0.3, 0.4) is 0 Å². The number of likely N-dealkylation sites (tertiary alicyclic amines) is 1. The van der Waals surface area contributed by atoms with E-state index in [4.69, 9.17) is 9.47 Å². The minimum Gasteiger partial charge on any atom is -0.494 e. The summed E-state index contributed by atoms with van der Waals surface area (Å²) in [6.07, 6.45) is 2.34. The number of carboxylic acid groups (broad SMARTS) is 3. The fourth-order valence-corrected chi connectivity index (χ4v) is 10.9. The maximum atomic E-state index is 14.4. The van der Waals surface area contributed by atoms with Gasteiger partial charge in [-0.2, -0.15) is 5.26 Å². The lowest BCUT2D eigenvalue weighted by atomic mass is 10.1. The number of benzene rings is 2. The van der Waals surface area contributed by atoms with Gasteiger partial charge in [0, 0.05) is 116 Å². The van der Waals surface area contributed by atoms with Crippen molar-refractivity contribution >= 4 is 70.2 Å². The number of esters is 1. The number of methoxy groups -OCH3 is 1. The number of carbonyl (C=O) groups is 10. The van der Waals surface area contributed by atoms with Gasteiger partial charge in [-0.1, -0.05) is 29.8 Å². The number of alkyl halides is 2. The van der Waals surface area contributed by atoms with Gasteiger partial charge in [0.05, 0.1) is 76.6 Å². The Balaban J connectivity index is 1.06. The van der Waals surface area contributed by atoms with Crippen molar-refractivity contribution in [3.05, 3.63) is 71.4 Å². The van der Waals surface area contributed by atoms with Crippen molar-refractivity contribution in [3.8, 4) is 11.8 Å². The van der Waals surface area contributed by atoms with Crippen LogP contribution in [0.1, 0.15) is 66.4 Å². The minimum absolute atomic E-state index is 0.0200. The number of aromatic nitrogens is 1. The lowest BCUT2D eigenvalue weighted by Gasteiger charge is -2.36. The highest BCUT2D eigenvalue weighted by Crippen LogP contribution is 2.32. The highest BCUT2D eigenvalue weighted by Gasteiger charge is 2.47. The van der Waals surface area contributed by atoms with Gasteiger partial charge in [0.2, 0.25) is 29.5 Å². The first kappa shape index (κ1) is 71.6. The van der Waals surface area contributed by atoms with Crippen LogP contribution >= 0.6 is 0 Å². The summed E-state index contributed by atoms with van der Waals surface area (Å²) >= 11 is 0. The van der Waals surface area contributed by atoms with Crippen molar-refractivity contribution < 1.29 is 81.5 Å². The number of hydrogen-bond acceptors (Lipinski definition) is 19. The van der Waals surface area contributed by atoms with Crippen LogP contribution in [0.2, 0.25) is 0 Å². The number of aryl methyl sites for hydroxylation is 2. The fraction of sp³-hybridized carbons (Fsp3) is 0.574. The van der Waals surface area contributed by atoms with Crippen molar-refractivity contribution in [2.45, 2.75) is 82.3 Å². The molecule has 28 nitrogen and oxygen atoms in total. The molecular weight excluding hydrogens is 1190 g/mol. The largest absolute Gasteiger partial charge is 0.494 e. The molecule has 0 spiro atoms. The molecule has 3 aliphatic rings. The van der Waals surface area contributed by atoms with E-state index in [1.807, 2.05) is 31.2 Å². The van der Waals surface area contributed by atoms with E-state index in [1.165, 1.54) is 17.2 Å². The van der Waals surface area contributed by atoms with Gasteiger partial charge in [0.15, 0.2) is 0 Å². The Bertz CT molecular complexity index is 3020. The molecule has 91 heavy (non-hydrogen) atoms. The molecular formula is C61H83F2N13O15. The molecule has 3 atom stereocenters. The average molecular weight is 1280 g/mol. The van der Waals surface area contributed by atoms with Crippen molar-refractivity contribution in [1.82, 2.24) is 60.6 Å². The molecule has 7 N–H and O–H groups in total. The molecule has 2 aromatic carbocycles. The molecule has 4 heterocycles. The Morgan fingerprint density at radius 3 is 1.89 bits per heavy atom. The number of fused-ring (bicyclic) bond motifs is 1. The first-order chi connectivity index (χ1) is 43.5. The maximum absolute atomic E-state index is 14.4. The van der Waals surface area contributed by atoms with Gasteiger partial charge in [0.1, 0.15) is 23.9 Å². The van der Waals surface area contributed by atoms with Crippen molar-refractivity contribution in [2.75, 3.05) is 145 Å². The van der Waals surface area contributed by atoms with E-state index in [1.54, 1.807) is 43.9 Å². The van der Waals surface area contributed by atoms with Crippen LogP contribution in [0.4, 0.5) is 8.78 Å². The summed E-state index contributed by atoms with van der Waals surface area (Å²) in [4.78, 5) is 145. The second-order valence-corrected chi connectivity index (χ2v) is 22.9. The fourth-order valence-electron chi connectivity index (χ4n) is 10.9. The molecule has 0 saturated carbocycles. The van der Waals surface area contributed by atoms with Crippen molar-refractivity contribution in [3.63, 3.8) is 0 Å². The number of nitriles is 1. The number of rotatable bonds is 30. The normalized spacial score (nSPS) is 17.9. The number of aliphatic carboxylic acids is 3. The molecule has 1 aromatic heterocycles. The number of halogens is 2. The first-order valence-electron chi connectivity index (χ1n) is 30.4. The van der Waals surface area contributed by atoms with Crippen LogP contribution in [-0.2, 0) is 54.3 Å². The maximum Gasteiger partial charge on any atom is 0.317 e. The van der Waals surface area contributed by atoms with E-state index in [-0.39, 0.29) is 136 Å². The van der Waals surface area contributed by atoms with Crippen LogP contribution in [-0.4, -0.2) is 283 Å². The van der Waals surface area contributed by atoms with Crippen molar-refractivity contribution in [2.24, 2.45) is 0 Å². The number of amides is 6. The molecule has 496 valence electrons. The molecule has 3 aromatic rings. The zero-order valence-corrected chi connectivity index (χ0v) is 51.5. The van der Waals surface area contributed by atoms with Crippen LogP contribution in [0.15, 0.2) is 54.7 Å². The Morgan fingerprint density at radius 1 is 0.714 bits per heavy atom. The second kappa shape index (κ2) is 35.8. The molecule has 0 unspecified atom stereocenters. The Labute approximate surface area is 526 Å². The number of pyridine rings is 1. The van der Waals surface area contributed by atoms with E-state index in [0.29, 0.717) is 55.5 Å². The lowest BCUT2D eigenvalue weighted by Crippen LogP contribution is -2.58. The number of nitrogens with zero attached hydrogens (tertiary/aromatic N) is 9. The quantitative estimate of drug-likeness (QED) is 0.0338. The average Bonchev–Trinajstić information content (AvgIpc) is 1.55. The summed E-state index contributed by atoms with van der Waals surface area (Å²) in [7, 11) is 1.14. The molecule has 0 bridgehead atoms. The van der Waals surface area contributed by atoms with E-state index in [9.17, 15) is 77.3 Å². The predicted molar refractivity (Wildman–Crippen MR) is 323 cm³/mol. The number of hydrogen-bond donors (Lipinski definition) is 7. The molecule has 6 rings (SSSR count). The summed E-state index contributed by atoms with van der Waals surface area (Å²) in [6, 6.07) is 12.1. The smallest absolute Gasteiger partial charge is 0.317 e. The van der Waals surface area contributed by atoms with Crippen LogP contribution in [0, 0.1) is 18.3 Å². The summed E-state index contributed by atoms with van der Waals surface area (Å²) in [6.45, 7) is 2.40. The molecule has 0 radical (unpaired) electrons. The van der Waals surface area contributed by atoms with Gasteiger partial charge < -0.3 is 55.9 Å². The molecule has 3 aliphatic heterocycles. The van der Waals surface area contributed by atoms with Crippen LogP contribution < -0.4 is 26.0 Å². The molecule has 30 heteroatoms. The number of carboxylic acids is 3. The number of carbonyl (C=O) groups excluding carboxylic acids is 7. The highest BCUT2D eigenvalue weighted by molar-refractivity contribution is 6.07. The van der Waals surface area contributed by atoms with Crippen LogP contribution in [0.5, 0.6) is 5.75 Å². The van der Waals surface area contributed by atoms with Gasteiger partial charge in [-0.25, -0.2) is 8.78 Å². The van der Waals surface area contributed by atoms with Crippen LogP contribution in [0.25, 0.3) is 10.9 Å². The van der Waals surface area contributed by atoms with Gasteiger partial charge in [-0.15, -0.1) is 0 Å². The van der Waals surface area contributed by atoms with E-state index in [2.05, 4.69) is 31.2 Å². The summed E-state index contributed by atoms with van der Waals surface area (Å²) in [5.74, 6) is -10.6. The van der Waals surface area contributed by atoms with Crippen molar-refractivity contribution in [1.29, 1.82) is 5.26 Å².